The van der Waals surface area contributed by atoms with E-state index in [1.165, 1.54) is 12.1 Å². The number of nitrogens with one attached hydrogen (secondary N) is 1. The van der Waals surface area contributed by atoms with Gasteiger partial charge in [0.15, 0.2) is 0 Å². The molecule has 19 heavy (non-hydrogen) atoms. The molecule has 0 bridgehead atoms. The Hall–Kier alpha value is -2.22. The fourth-order valence-corrected chi connectivity index (χ4v) is 1.53. The van der Waals surface area contributed by atoms with Crippen molar-refractivity contribution in [2.45, 2.75) is 12.8 Å². The summed E-state index contributed by atoms with van der Waals surface area (Å²) in [5, 5.41) is 24.3. The van der Waals surface area contributed by atoms with E-state index in [-0.39, 0.29) is 17.1 Å². The van der Waals surface area contributed by atoms with E-state index in [1.807, 2.05) is 0 Å². The van der Waals surface area contributed by atoms with Crippen molar-refractivity contribution in [1.29, 1.82) is 0 Å². The maximum atomic E-state index is 10.9. The molecule has 0 aliphatic rings. The number of anilines is 1. The van der Waals surface area contributed by atoms with Gasteiger partial charge in [-0.25, -0.2) is 0 Å². The van der Waals surface area contributed by atoms with Gasteiger partial charge in [-0.15, -0.1) is 0 Å². The summed E-state index contributed by atoms with van der Waals surface area (Å²) in [6.07, 6.45) is 1.63. The van der Waals surface area contributed by atoms with Gasteiger partial charge in [0.25, 0.3) is 11.4 Å². The SMILES string of the molecule is COCCCCNc1ccc([N+](=O)[O-])cc1[N+](=O)[O-]. The van der Waals surface area contributed by atoms with Crippen LogP contribution >= 0.6 is 0 Å². The first-order chi connectivity index (χ1) is 9.06. The van der Waals surface area contributed by atoms with Crippen LogP contribution in [0.4, 0.5) is 17.1 Å². The Morgan fingerprint density at radius 1 is 1.21 bits per heavy atom. The van der Waals surface area contributed by atoms with Crippen molar-refractivity contribution >= 4 is 17.1 Å². The molecule has 0 fully saturated rings. The molecule has 0 unspecified atom stereocenters. The first-order valence-corrected chi connectivity index (χ1v) is 5.72. The Morgan fingerprint density at radius 2 is 1.95 bits per heavy atom. The average Bonchev–Trinajstić information content (AvgIpc) is 2.38. The summed E-state index contributed by atoms with van der Waals surface area (Å²) >= 11 is 0. The van der Waals surface area contributed by atoms with Gasteiger partial charge >= 0.3 is 0 Å². The minimum atomic E-state index is -0.657. The highest BCUT2D eigenvalue weighted by Crippen LogP contribution is 2.28. The fraction of sp³-hybridized carbons (Fsp3) is 0.455. The molecule has 0 radical (unpaired) electrons. The summed E-state index contributed by atoms with van der Waals surface area (Å²) in [5.74, 6) is 0. The van der Waals surface area contributed by atoms with Crippen molar-refractivity contribution in [1.82, 2.24) is 0 Å². The Balaban J connectivity index is 2.71. The quantitative estimate of drug-likeness (QED) is 0.441. The molecule has 0 heterocycles. The number of rotatable bonds is 8. The third kappa shape index (κ3) is 4.51. The number of hydrogen-bond acceptors (Lipinski definition) is 6. The standard InChI is InChI=1S/C11H15N3O5/c1-19-7-3-2-6-12-10-5-4-9(13(15)16)8-11(10)14(17)18/h4-5,8,12H,2-3,6-7H2,1H3. The predicted octanol–water partition coefficient (Wildman–Crippen LogP) is 2.34. The van der Waals surface area contributed by atoms with E-state index in [9.17, 15) is 20.2 Å². The van der Waals surface area contributed by atoms with Crippen LogP contribution in [0.5, 0.6) is 0 Å². The molecule has 1 aromatic rings. The van der Waals surface area contributed by atoms with Crippen molar-refractivity contribution in [3.8, 4) is 0 Å². The normalized spacial score (nSPS) is 10.2. The zero-order valence-corrected chi connectivity index (χ0v) is 10.5. The lowest BCUT2D eigenvalue weighted by Gasteiger charge is -2.06. The van der Waals surface area contributed by atoms with Gasteiger partial charge in [-0.3, -0.25) is 20.2 Å². The molecule has 1 aromatic carbocycles. The summed E-state index contributed by atoms with van der Waals surface area (Å²) in [4.78, 5) is 20.1. The highest BCUT2D eigenvalue weighted by Gasteiger charge is 2.18. The van der Waals surface area contributed by atoms with Crippen LogP contribution < -0.4 is 5.32 Å². The molecule has 0 aromatic heterocycles. The molecular formula is C11H15N3O5. The number of methoxy groups -OCH3 is 1. The number of non-ortho nitro benzene ring substituents is 1. The molecule has 8 nitrogen and oxygen atoms in total. The maximum Gasteiger partial charge on any atom is 0.299 e. The van der Waals surface area contributed by atoms with Gasteiger partial charge in [0, 0.05) is 26.3 Å². The van der Waals surface area contributed by atoms with E-state index in [4.69, 9.17) is 4.74 Å². The van der Waals surface area contributed by atoms with Crippen molar-refractivity contribution in [3.63, 3.8) is 0 Å². The fourth-order valence-electron chi connectivity index (χ4n) is 1.53. The monoisotopic (exact) mass is 269 g/mol. The maximum absolute atomic E-state index is 10.9. The highest BCUT2D eigenvalue weighted by atomic mass is 16.6. The zero-order valence-electron chi connectivity index (χ0n) is 10.5. The van der Waals surface area contributed by atoms with Crippen molar-refractivity contribution in [2.24, 2.45) is 0 Å². The Labute approximate surface area is 109 Å². The summed E-state index contributed by atoms with van der Waals surface area (Å²) in [6.45, 7) is 1.17. The molecule has 1 rings (SSSR count). The van der Waals surface area contributed by atoms with Crippen molar-refractivity contribution in [3.05, 3.63) is 38.4 Å². The van der Waals surface area contributed by atoms with E-state index >= 15 is 0 Å². The number of nitro benzene ring substituents is 2. The van der Waals surface area contributed by atoms with Gasteiger partial charge in [-0.2, -0.15) is 0 Å². The molecule has 0 saturated heterocycles. The minimum Gasteiger partial charge on any atom is -0.385 e. The van der Waals surface area contributed by atoms with Crippen LogP contribution in [-0.4, -0.2) is 30.1 Å². The first-order valence-electron chi connectivity index (χ1n) is 5.72. The number of ether oxygens (including phenoxy) is 1. The van der Waals surface area contributed by atoms with Crippen LogP contribution in [0.15, 0.2) is 18.2 Å². The molecule has 0 spiro atoms. The minimum absolute atomic E-state index is 0.285. The van der Waals surface area contributed by atoms with Gasteiger partial charge in [0.1, 0.15) is 5.69 Å². The number of benzene rings is 1. The zero-order chi connectivity index (χ0) is 14.3. The predicted molar refractivity (Wildman–Crippen MR) is 69.4 cm³/mol. The second-order valence-corrected chi connectivity index (χ2v) is 3.84. The van der Waals surface area contributed by atoms with Crippen molar-refractivity contribution in [2.75, 3.05) is 25.6 Å². The summed E-state index contributed by atoms with van der Waals surface area (Å²) in [6, 6.07) is 3.55. The molecule has 0 amide bonds. The number of nitro groups is 2. The molecule has 8 heteroatoms. The van der Waals surface area contributed by atoms with Crippen LogP contribution in [-0.2, 0) is 4.74 Å². The topological polar surface area (TPSA) is 108 Å². The van der Waals surface area contributed by atoms with Gasteiger partial charge in [-0.05, 0) is 18.9 Å². The van der Waals surface area contributed by atoms with Crippen LogP contribution in [0.3, 0.4) is 0 Å². The van der Waals surface area contributed by atoms with Crippen molar-refractivity contribution < 1.29 is 14.6 Å². The Kier molecular flexibility index (Phi) is 5.68. The number of hydrogen-bond donors (Lipinski definition) is 1. The first kappa shape index (κ1) is 14.8. The largest absolute Gasteiger partial charge is 0.385 e. The molecule has 104 valence electrons. The number of nitrogens with zero attached hydrogens (tertiary/aromatic N) is 2. The molecule has 0 aliphatic carbocycles. The van der Waals surface area contributed by atoms with E-state index < -0.39 is 9.85 Å². The van der Waals surface area contributed by atoms with Gasteiger partial charge < -0.3 is 10.1 Å². The third-order valence-corrected chi connectivity index (χ3v) is 2.48. The summed E-state index contributed by atoms with van der Waals surface area (Å²) in [5.41, 5.74) is -0.300. The van der Waals surface area contributed by atoms with Gasteiger partial charge in [-0.1, -0.05) is 0 Å². The van der Waals surface area contributed by atoms with E-state index in [0.717, 1.165) is 18.9 Å². The smallest absolute Gasteiger partial charge is 0.299 e. The van der Waals surface area contributed by atoms with Gasteiger partial charge in [0.2, 0.25) is 0 Å². The summed E-state index contributed by atoms with van der Waals surface area (Å²) in [7, 11) is 1.61. The molecule has 0 aliphatic heterocycles. The lowest BCUT2D eigenvalue weighted by Crippen LogP contribution is -2.05. The van der Waals surface area contributed by atoms with Crippen LogP contribution in [0, 0.1) is 20.2 Å². The molecule has 0 atom stereocenters. The van der Waals surface area contributed by atoms with E-state index in [1.54, 1.807) is 7.11 Å². The van der Waals surface area contributed by atoms with Crippen LogP contribution in [0.1, 0.15) is 12.8 Å². The lowest BCUT2D eigenvalue weighted by atomic mass is 10.2. The molecule has 0 saturated carbocycles. The van der Waals surface area contributed by atoms with Crippen LogP contribution in [0.2, 0.25) is 0 Å². The summed E-state index contributed by atoms with van der Waals surface area (Å²) < 4.78 is 4.89. The Bertz CT molecular complexity index is 464. The molecule has 1 N–H and O–H groups in total. The van der Waals surface area contributed by atoms with E-state index in [0.29, 0.717) is 13.2 Å². The lowest BCUT2D eigenvalue weighted by molar-refractivity contribution is -0.393. The third-order valence-electron chi connectivity index (χ3n) is 2.48. The van der Waals surface area contributed by atoms with E-state index in [2.05, 4.69) is 5.32 Å². The number of unbranched alkanes of at least 4 members (excludes halogenated alkanes) is 1. The second-order valence-electron chi connectivity index (χ2n) is 3.84. The average molecular weight is 269 g/mol. The Morgan fingerprint density at radius 3 is 2.53 bits per heavy atom. The molecular weight excluding hydrogens is 254 g/mol. The second kappa shape index (κ2) is 7.27. The van der Waals surface area contributed by atoms with Gasteiger partial charge in [0.05, 0.1) is 15.9 Å². The van der Waals surface area contributed by atoms with Crippen LogP contribution in [0.25, 0.3) is 0 Å². The highest BCUT2D eigenvalue weighted by molar-refractivity contribution is 5.65.